The van der Waals surface area contributed by atoms with Gasteiger partial charge in [-0.15, -0.1) is 0 Å². The number of rotatable bonds is 4. The van der Waals surface area contributed by atoms with Gasteiger partial charge < -0.3 is 14.6 Å². The van der Waals surface area contributed by atoms with Crippen LogP contribution < -0.4 is 0 Å². The number of fused-ring (bicyclic) bond motifs is 2. The molecule has 0 aromatic heterocycles. The molecule has 86 valence electrons. The Bertz CT molecular complexity index is 265. The van der Waals surface area contributed by atoms with E-state index >= 15 is 0 Å². The average molecular weight is 214 g/mol. The highest BCUT2D eigenvalue weighted by molar-refractivity contribution is 5.76. The first-order valence-electron chi connectivity index (χ1n) is 5.49. The molecule has 4 heteroatoms. The van der Waals surface area contributed by atoms with Crippen LogP contribution in [0.25, 0.3) is 0 Å². The van der Waals surface area contributed by atoms with Gasteiger partial charge in [0.05, 0.1) is 12.2 Å². The molecule has 0 radical (unpaired) electrons. The summed E-state index contributed by atoms with van der Waals surface area (Å²) >= 11 is 0. The van der Waals surface area contributed by atoms with Gasteiger partial charge in [0.15, 0.2) is 0 Å². The molecule has 2 aliphatic rings. The van der Waals surface area contributed by atoms with Crippen LogP contribution in [-0.4, -0.2) is 37.0 Å². The van der Waals surface area contributed by atoms with Crippen LogP contribution in [-0.2, 0) is 14.3 Å². The van der Waals surface area contributed by atoms with Crippen molar-refractivity contribution >= 4 is 5.97 Å². The SMILES string of the molecule is COCC(C)C1(C(=O)O)CC2CCC1O2. The van der Waals surface area contributed by atoms with E-state index in [1.54, 1.807) is 7.11 Å². The predicted molar refractivity (Wildman–Crippen MR) is 53.6 cm³/mol. The number of ether oxygens (including phenoxy) is 2. The summed E-state index contributed by atoms with van der Waals surface area (Å²) < 4.78 is 10.8. The Hall–Kier alpha value is -0.610. The fraction of sp³-hybridized carbons (Fsp3) is 0.909. The maximum Gasteiger partial charge on any atom is 0.312 e. The maximum atomic E-state index is 11.5. The van der Waals surface area contributed by atoms with E-state index in [-0.39, 0.29) is 18.1 Å². The van der Waals surface area contributed by atoms with Gasteiger partial charge in [-0.25, -0.2) is 0 Å². The van der Waals surface area contributed by atoms with Crippen LogP contribution in [0.4, 0.5) is 0 Å². The normalized spacial score (nSPS) is 40.7. The van der Waals surface area contributed by atoms with Crippen molar-refractivity contribution in [3.63, 3.8) is 0 Å². The lowest BCUT2D eigenvalue weighted by atomic mass is 9.66. The molecule has 4 unspecified atom stereocenters. The zero-order chi connectivity index (χ0) is 11.1. The first-order valence-corrected chi connectivity index (χ1v) is 5.49. The van der Waals surface area contributed by atoms with Crippen molar-refractivity contribution in [1.29, 1.82) is 0 Å². The van der Waals surface area contributed by atoms with Gasteiger partial charge in [0, 0.05) is 13.7 Å². The van der Waals surface area contributed by atoms with Gasteiger partial charge >= 0.3 is 5.97 Å². The van der Waals surface area contributed by atoms with Crippen molar-refractivity contribution in [3.05, 3.63) is 0 Å². The number of carboxylic acids is 1. The molecular weight excluding hydrogens is 196 g/mol. The summed E-state index contributed by atoms with van der Waals surface area (Å²) in [6.45, 7) is 2.43. The Kier molecular flexibility index (Phi) is 2.73. The van der Waals surface area contributed by atoms with E-state index in [1.807, 2.05) is 6.92 Å². The molecule has 0 saturated carbocycles. The molecule has 0 amide bonds. The Balaban J connectivity index is 2.22. The minimum Gasteiger partial charge on any atom is -0.481 e. The molecule has 0 aromatic rings. The summed E-state index contributed by atoms with van der Waals surface area (Å²) in [5, 5.41) is 9.45. The molecule has 2 fully saturated rings. The number of carboxylic acid groups (broad SMARTS) is 1. The number of hydrogen-bond donors (Lipinski definition) is 1. The first kappa shape index (κ1) is 10.9. The van der Waals surface area contributed by atoms with Crippen LogP contribution in [0, 0.1) is 11.3 Å². The summed E-state index contributed by atoms with van der Waals surface area (Å²) in [5.41, 5.74) is -0.709. The van der Waals surface area contributed by atoms with Gasteiger partial charge in [-0.2, -0.15) is 0 Å². The number of aliphatic carboxylic acids is 1. The highest BCUT2D eigenvalue weighted by Crippen LogP contribution is 2.52. The topological polar surface area (TPSA) is 55.8 Å². The third kappa shape index (κ3) is 1.47. The zero-order valence-electron chi connectivity index (χ0n) is 9.23. The molecule has 1 N–H and O–H groups in total. The smallest absolute Gasteiger partial charge is 0.312 e. The van der Waals surface area contributed by atoms with E-state index in [1.165, 1.54) is 0 Å². The molecule has 2 aliphatic heterocycles. The molecule has 2 rings (SSSR count). The Labute approximate surface area is 89.6 Å². The van der Waals surface area contributed by atoms with Gasteiger partial charge in [-0.1, -0.05) is 6.92 Å². The van der Waals surface area contributed by atoms with Gasteiger partial charge in [0.2, 0.25) is 0 Å². The summed E-state index contributed by atoms with van der Waals surface area (Å²) in [7, 11) is 1.61. The van der Waals surface area contributed by atoms with Crippen LogP contribution in [0.5, 0.6) is 0 Å². The van der Waals surface area contributed by atoms with Gasteiger partial charge in [0.25, 0.3) is 0 Å². The van der Waals surface area contributed by atoms with Gasteiger partial charge in [0.1, 0.15) is 5.41 Å². The quantitative estimate of drug-likeness (QED) is 0.766. The van der Waals surface area contributed by atoms with Crippen LogP contribution in [0.2, 0.25) is 0 Å². The molecule has 0 spiro atoms. The average Bonchev–Trinajstić information content (AvgIpc) is 2.77. The molecule has 4 nitrogen and oxygen atoms in total. The first-order chi connectivity index (χ1) is 7.11. The van der Waals surface area contributed by atoms with E-state index in [2.05, 4.69) is 0 Å². The van der Waals surface area contributed by atoms with Crippen molar-refractivity contribution in [2.24, 2.45) is 11.3 Å². The lowest BCUT2D eigenvalue weighted by Crippen LogP contribution is -2.46. The van der Waals surface area contributed by atoms with E-state index in [9.17, 15) is 9.90 Å². The Morgan fingerprint density at radius 2 is 2.40 bits per heavy atom. The van der Waals surface area contributed by atoms with Crippen LogP contribution in [0.1, 0.15) is 26.2 Å². The van der Waals surface area contributed by atoms with Gasteiger partial charge in [-0.3, -0.25) is 4.79 Å². The second-order valence-electron chi connectivity index (χ2n) is 4.73. The third-order valence-electron chi connectivity index (χ3n) is 3.94. The second kappa shape index (κ2) is 3.76. The second-order valence-corrected chi connectivity index (χ2v) is 4.73. The highest BCUT2D eigenvalue weighted by atomic mass is 16.5. The van der Waals surface area contributed by atoms with E-state index < -0.39 is 11.4 Å². The number of methoxy groups -OCH3 is 1. The van der Waals surface area contributed by atoms with Crippen molar-refractivity contribution in [2.75, 3.05) is 13.7 Å². The fourth-order valence-electron chi connectivity index (χ4n) is 3.10. The van der Waals surface area contributed by atoms with E-state index in [0.717, 1.165) is 12.8 Å². The third-order valence-corrected chi connectivity index (χ3v) is 3.94. The van der Waals surface area contributed by atoms with Crippen LogP contribution in [0.3, 0.4) is 0 Å². The number of carbonyl (C=O) groups is 1. The molecule has 4 atom stereocenters. The van der Waals surface area contributed by atoms with Crippen molar-refractivity contribution < 1.29 is 19.4 Å². The lowest BCUT2D eigenvalue weighted by molar-refractivity contribution is -0.158. The maximum absolute atomic E-state index is 11.5. The lowest BCUT2D eigenvalue weighted by Gasteiger charge is -2.36. The molecule has 2 saturated heterocycles. The monoisotopic (exact) mass is 214 g/mol. The predicted octanol–water partition coefficient (Wildman–Crippen LogP) is 1.29. The molecule has 15 heavy (non-hydrogen) atoms. The molecule has 2 bridgehead atoms. The minimum atomic E-state index is -0.723. The minimum absolute atomic E-state index is 0.00954. The summed E-state index contributed by atoms with van der Waals surface area (Å²) in [4.78, 5) is 11.5. The fourth-order valence-corrected chi connectivity index (χ4v) is 3.10. The van der Waals surface area contributed by atoms with Crippen molar-refractivity contribution in [3.8, 4) is 0 Å². The van der Waals surface area contributed by atoms with Crippen LogP contribution >= 0.6 is 0 Å². The standard InChI is InChI=1S/C11H18O4/c1-7(6-14-2)11(10(12)13)5-8-3-4-9(11)15-8/h7-9H,3-6H2,1-2H3,(H,12,13). The molecule has 0 aromatic carbocycles. The zero-order valence-corrected chi connectivity index (χ0v) is 9.23. The summed E-state index contributed by atoms with van der Waals surface area (Å²) in [5.74, 6) is -0.713. The summed E-state index contributed by atoms with van der Waals surface area (Å²) in [6, 6.07) is 0. The van der Waals surface area contributed by atoms with Crippen molar-refractivity contribution in [2.45, 2.75) is 38.4 Å². The number of hydrogen-bond acceptors (Lipinski definition) is 3. The Morgan fingerprint density at radius 3 is 2.80 bits per heavy atom. The molecular formula is C11H18O4. The van der Waals surface area contributed by atoms with Gasteiger partial charge in [-0.05, 0) is 25.2 Å². The molecule has 0 aliphatic carbocycles. The molecule has 2 heterocycles. The Morgan fingerprint density at radius 1 is 1.67 bits per heavy atom. The largest absolute Gasteiger partial charge is 0.481 e. The van der Waals surface area contributed by atoms with Crippen molar-refractivity contribution in [1.82, 2.24) is 0 Å². The van der Waals surface area contributed by atoms with E-state index in [0.29, 0.717) is 13.0 Å². The van der Waals surface area contributed by atoms with Crippen LogP contribution in [0.15, 0.2) is 0 Å². The van der Waals surface area contributed by atoms with E-state index in [4.69, 9.17) is 9.47 Å². The summed E-state index contributed by atoms with van der Waals surface area (Å²) in [6.07, 6.45) is 2.60. The highest BCUT2D eigenvalue weighted by Gasteiger charge is 2.59.